The molecule has 19 heavy (non-hydrogen) atoms. The molecule has 0 saturated carbocycles. The molecule has 0 aromatic heterocycles. The highest BCUT2D eigenvalue weighted by molar-refractivity contribution is 9.10. The second kappa shape index (κ2) is 7.27. The zero-order valence-corrected chi connectivity index (χ0v) is 13.2. The van der Waals surface area contributed by atoms with Crippen LogP contribution in [0.4, 0.5) is 0 Å². The van der Waals surface area contributed by atoms with Gasteiger partial charge in [0.1, 0.15) is 12.4 Å². The van der Waals surface area contributed by atoms with E-state index < -0.39 is 0 Å². The summed E-state index contributed by atoms with van der Waals surface area (Å²) in [6, 6.07) is 6.31. The van der Waals surface area contributed by atoms with Crippen molar-refractivity contribution in [2.45, 2.75) is 32.2 Å². The topological polar surface area (TPSA) is 38.5 Å². The van der Waals surface area contributed by atoms with Gasteiger partial charge in [-0.1, -0.05) is 12.1 Å². The fraction of sp³-hybridized carbons (Fsp3) is 0.600. The summed E-state index contributed by atoms with van der Waals surface area (Å²) in [6.07, 6.45) is 3.49. The summed E-state index contributed by atoms with van der Waals surface area (Å²) in [5, 5.41) is 0. The number of hydrogen-bond acceptors (Lipinski definition) is 3. The third-order valence-electron chi connectivity index (χ3n) is 3.44. The minimum Gasteiger partial charge on any atom is -0.491 e. The van der Waals surface area contributed by atoms with Gasteiger partial charge in [-0.25, -0.2) is 0 Å². The van der Waals surface area contributed by atoms with Crippen molar-refractivity contribution in [1.82, 2.24) is 4.90 Å². The van der Waals surface area contributed by atoms with E-state index in [9.17, 15) is 0 Å². The monoisotopic (exact) mass is 326 g/mol. The SMILES string of the molecule is CC(N)Cc1cccc(Br)c1OCCN1CCCC1. The molecule has 1 fully saturated rings. The molecule has 0 amide bonds. The van der Waals surface area contributed by atoms with E-state index in [4.69, 9.17) is 10.5 Å². The molecule has 4 heteroatoms. The Morgan fingerprint density at radius 2 is 2.11 bits per heavy atom. The average molecular weight is 327 g/mol. The number of para-hydroxylation sites is 1. The molecular weight excluding hydrogens is 304 g/mol. The molecule has 106 valence electrons. The summed E-state index contributed by atoms with van der Waals surface area (Å²) in [5.74, 6) is 0.957. The van der Waals surface area contributed by atoms with Crippen LogP contribution in [-0.2, 0) is 6.42 Å². The molecule has 2 rings (SSSR count). The van der Waals surface area contributed by atoms with Gasteiger partial charge >= 0.3 is 0 Å². The van der Waals surface area contributed by atoms with Gasteiger partial charge in [0.15, 0.2) is 0 Å². The maximum Gasteiger partial charge on any atom is 0.136 e. The minimum absolute atomic E-state index is 0.148. The highest BCUT2D eigenvalue weighted by atomic mass is 79.9. The molecule has 1 saturated heterocycles. The van der Waals surface area contributed by atoms with E-state index in [1.165, 1.54) is 31.5 Å². The highest BCUT2D eigenvalue weighted by Gasteiger charge is 2.13. The first-order valence-corrected chi connectivity index (χ1v) is 7.84. The van der Waals surface area contributed by atoms with Crippen molar-refractivity contribution in [3.8, 4) is 5.75 Å². The average Bonchev–Trinajstić information content (AvgIpc) is 2.85. The van der Waals surface area contributed by atoms with Crippen molar-refractivity contribution < 1.29 is 4.74 Å². The third kappa shape index (κ3) is 4.48. The lowest BCUT2D eigenvalue weighted by Gasteiger charge is -2.18. The Morgan fingerprint density at radius 1 is 1.37 bits per heavy atom. The molecule has 1 aromatic rings. The quantitative estimate of drug-likeness (QED) is 0.873. The van der Waals surface area contributed by atoms with Crippen LogP contribution in [-0.4, -0.2) is 37.2 Å². The minimum atomic E-state index is 0.148. The Labute approximate surface area is 124 Å². The van der Waals surface area contributed by atoms with Gasteiger partial charge in [0.05, 0.1) is 4.47 Å². The van der Waals surface area contributed by atoms with E-state index in [-0.39, 0.29) is 6.04 Å². The maximum atomic E-state index is 5.99. The lowest BCUT2D eigenvalue weighted by Crippen LogP contribution is -2.25. The van der Waals surface area contributed by atoms with Crippen molar-refractivity contribution in [2.24, 2.45) is 5.73 Å². The Bertz CT molecular complexity index is 403. The van der Waals surface area contributed by atoms with Gasteiger partial charge in [-0.15, -0.1) is 0 Å². The molecule has 1 unspecified atom stereocenters. The summed E-state index contributed by atoms with van der Waals surface area (Å²) < 4.78 is 7.01. The smallest absolute Gasteiger partial charge is 0.136 e. The Kier molecular flexibility index (Phi) is 5.67. The fourth-order valence-corrected chi connectivity index (χ4v) is 3.03. The van der Waals surface area contributed by atoms with Gasteiger partial charge in [-0.3, -0.25) is 4.90 Å². The van der Waals surface area contributed by atoms with Crippen LogP contribution in [0.3, 0.4) is 0 Å². The maximum absolute atomic E-state index is 5.99. The molecule has 2 N–H and O–H groups in total. The van der Waals surface area contributed by atoms with Gasteiger partial charge in [0.2, 0.25) is 0 Å². The number of nitrogens with zero attached hydrogens (tertiary/aromatic N) is 1. The molecule has 0 radical (unpaired) electrons. The fourth-order valence-electron chi connectivity index (χ4n) is 2.51. The molecule has 1 atom stereocenters. The van der Waals surface area contributed by atoms with E-state index in [0.717, 1.165) is 29.8 Å². The Balaban J connectivity index is 1.93. The summed E-state index contributed by atoms with van der Waals surface area (Å²) in [7, 11) is 0. The van der Waals surface area contributed by atoms with E-state index in [0.29, 0.717) is 0 Å². The molecular formula is C15H23BrN2O. The van der Waals surface area contributed by atoms with Crippen LogP contribution in [0.15, 0.2) is 22.7 Å². The number of ether oxygens (including phenoxy) is 1. The van der Waals surface area contributed by atoms with Gasteiger partial charge in [0.25, 0.3) is 0 Å². The predicted molar refractivity (Wildman–Crippen MR) is 82.7 cm³/mol. The van der Waals surface area contributed by atoms with Crippen LogP contribution >= 0.6 is 15.9 Å². The normalized spacial score (nSPS) is 17.6. The number of hydrogen-bond donors (Lipinski definition) is 1. The second-order valence-corrected chi connectivity index (χ2v) is 6.16. The number of rotatable bonds is 6. The number of nitrogens with two attached hydrogens (primary N) is 1. The van der Waals surface area contributed by atoms with E-state index >= 15 is 0 Å². The zero-order valence-electron chi connectivity index (χ0n) is 11.6. The van der Waals surface area contributed by atoms with Crippen LogP contribution in [0.5, 0.6) is 5.75 Å². The molecule has 1 aliphatic heterocycles. The lowest BCUT2D eigenvalue weighted by atomic mass is 10.1. The molecule has 0 spiro atoms. The van der Waals surface area contributed by atoms with Gasteiger partial charge in [-0.05, 0) is 66.8 Å². The van der Waals surface area contributed by atoms with E-state index in [1.807, 2.05) is 19.1 Å². The zero-order chi connectivity index (χ0) is 13.7. The van der Waals surface area contributed by atoms with Crippen molar-refractivity contribution in [3.05, 3.63) is 28.2 Å². The summed E-state index contributed by atoms with van der Waals surface area (Å²) >= 11 is 3.57. The van der Waals surface area contributed by atoms with Crippen molar-refractivity contribution in [2.75, 3.05) is 26.2 Å². The first kappa shape index (κ1) is 14.8. The summed E-state index contributed by atoms with van der Waals surface area (Å²) in [4.78, 5) is 2.46. The molecule has 1 aliphatic rings. The third-order valence-corrected chi connectivity index (χ3v) is 4.07. The van der Waals surface area contributed by atoms with Crippen molar-refractivity contribution in [3.63, 3.8) is 0 Å². The van der Waals surface area contributed by atoms with E-state index in [2.05, 4.69) is 26.9 Å². The predicted octanol–water partition coefficient (Wildman–Crippen LogP) is 2.81. The molecule has 1 aromatic carbocycles. The number of likely N-dealkylation sites (tertiary alicyclic amines) is 1. The largest absolute Gasteiger partial charge is 0.491 e. The lowest BCUT2D eigenvalue weighted by molar-refractivity contribution is 0.235. The van der Waals surface area contributed by atoms with Crippen LogP contribution in [0, 0.1) is 0 Å². The van der Waals surface area contributed by atoms with Crippen LogP contribution < -0.4 is 10.5 Å². The van der Waals surface area contributed by atoms with Gasteiger partial charge in [-0.2, -0.15) is 0 Å². The second-order valence-electron chi connectivity index (χ2n) is 5.31. The first-order valence-electron chi connectivity index (χ1n) is 7.05. The standard InChI is InChI=1S/C15H23BrN2O/c1-12(17)11-13-5-4-6-14(16)15(13)19-10-9-18-7-2-3-8-18/h4-6,12H,2-3,7-11,17H2,1H3. The molecule has 0 aliphatic carbocycles. The Morgan fingerprint density at radius 3 is 2.79 bits per heavy atom. The first-order chi connectivity index (χ1) is 9.16. The molecule has 0 bridgehead atoms. The summed E-state index contributed by atoms with van der Waals surface area (Å²) in [6.45, 7) is 6.21. The Hall–Kier alpha value is -0.580. The molecule has 1 heterocycles. The van der Waals surface area contributed by atoms with Crippen molar-refractivity contribution in [1.29, 1.82) is 0 Å². The molecule has 3 nitrogen and oxygen atoms in total. The van der Waals surface area contributed by atoms with Gasteiger partial charge in [0, 0.05) is 12.6 Å². The van der Waals surface area contributed by atoms with Crippen LogP contribution in [0.2, 0.25) is 0 Å². The number of benzene rings is 1. The highest BCUT2D eigenvalue weighted by Crippen LogP contribution is 2.29. The number of halogens is 1. The van der Waals surface area contributed by atoms with E-state index in [1.54, 1.807) is 0 Å². The van der Waals surface area contributed by atoms with Crippen LogP contribution in [0.1, 0.15) is 25.3 Å². The summed E-state index contributed by atoms with van der Waals surface area (Å²) in [5.41, 5.74) is 7.08. The van der Waals surface area contributed by atoms with Crippen molar-refractivity contribution >= 4 is 15.9 Å². The van der Waals surface area contributed by atoms with Gasteiger partial charge < -0.3 is 10.5 Å². The van der Waals surface area contributed by atoms with Crippen LogP contribution in [0.25, 0.3) is 0 Å².